The third-order valence-electron chi connectivity index (χ3n) is 6.37. The Kier molecular flexibility index (Phi) is 8.79. The monoisotopic (exact) mass is 473 g/mol. The standard InChI is InChI=1S/C23H32FN7O3/c1-27-22(30-16-4-9-28-19(24)13-16)18(21(26)33)15-29-23(5-8-25)6-10-31(11-7-23)20(32)14-17-3-2-12-34-17/h4,9,13,15,17,22,27,29H,2-3,5-7,10-12,14H2,1H3,(H2,26,33)(H,28,30)/b18-15-. The Morgan fingerprint density at radius 1 is 1.47 bits per heavy atom. The highest BCUT2D eigenvalue weighted by atomic mass is 19.1. The van der Waals surface area contributed by atoms with Gasteiger partial charge >= 0.3 is 0 Å². The van der Waals surface area contributed by atoms with Crippen molar-refractivity contribution in [2.75, 3.05) is 32.1 Å². The molecule has 34 heavy (non-hydrogen) atoms. The molecule has 2 aliphatic rings. The molecule has 0 radical (unpaired) electrons. The van der Waals surface area contributed by atoms with E-state index in [1.165, 1.54) is 18.5 Å². The second-order valence-corrected chi connectivity index (χ2v) is 8.68. The number of likely N-dealkylation sites (N-methyl/N-ethyl adjacent to an activating group) is 1. The zero-order valence-corrected chi connectivity index (χ0v) is 19.3. The van der Waals surface area contributed by atoms with Crippen LogP contribution in [0.3, 0.4) is 0 Å². The average Bonchev–Trinajstić information content (AvgIpc) is 3.32. The lowest BCUT2D eigenvalue weighted by Gasteiger charge is -2.41. The maximum absolute atomic E-state index is 13.5. The van der Waals surface area contributed by atoms with Gasteiger partial charge in [0, 0.05) is 43.8 Å². The molecule has 0 bridgehead atoms. The normalized spacial score (nSPS) is 20.9. The van der Waals surface area contributed by atoms with Gasteiger partial charge in [0.2, 0.25) is 17.8 Å². The molecule has 11 heteroatoms. The van der Waals surface area contributed by atoms with Gasteiger partial charge in [-0.15, -0.1) is 0 Å². The van der Waals surface area contributed by atoms with Crippen LogP contribution in [0.4, 0.5) is 10.1 Å². The van der Waals surface area contributed by atoms with Crippen LogP contribution in [0.25, 0.3) is 0 Å². The van der Waals surface area contributed by atoms with Gasteiger partial charge < -0.3 is 26.0 Å². The minimum Gasteiger partial charge on any atom is -0.384 e. The van der Waals surface area contributed by atoms with Crippen LogP contribution in [0, 0.1) is 17.3 Å². The number of likely N-dealkylation sites (tertiary alicyclic amines) is 1. The SMILES string of the molecule is CNC(Nc1ccnc(F)c1)/C(=C\NC1(CC#N)CCN(C(=O)CC2CCCO2)CC1)C(N)=O. The van der Waals surface area contributed by atoms with E-state index in [2.05, 4.69) is 27.0 Å². The van der Waals surface area contributed by atoms with E-state index in [4.69, 9.17) is 10.5 Å². The van der Waals surface area contributed by atoms with Gasteiger partial charge in [0.15, 0.2) is 0 Å². The van der Waals surface area contributed by atoms with Crippen molar-refractivity contribution >= 4 is 17.5 Å². The highest BCUT2D eigenvalue weighted by Crippen LogP contribution is 2.27. The first-order valence-corrected chi connectivity index (χ1v) is 11.4. The molecule has 2 aliphatic heterocycles. The minimum atomic E-state index is -0.709. The lowest BCUT2D eigenvalue weighted by molar-refractivity contribution is -0.135. The molecule has 0 aromatic carbocycles. The molecule has 3 rings (SSSR count). The van der Waals surface area contributed by atoms with Gasteiger partial charge in [0.25, 0.3) is 0 Å². The van der Waals surface area contributed by atoms with E-state index in [-0.39, 0.29) is 24.0 Å². The van der Waals surface area contributed by atoms with Crippen LogP contribution in [0.1, 0.15) is 38.5 Å². The van der Waals surface area contributed by atoms with Crippen molar-refractivity contribution < 1.29 is 18.7 Å². The lowest BCUT2D eigenvalue weighted by Crippen LogP contribution is -2.53. The maximum atomic E-state index is 13.5. The van der Waals surface area contributed by atoms with Crippen molar-refractivity contribution in [2.24, 2.45) is 5.73 Å². The summed E-state index contributed by atoms with van der Waals surface area (Å²) in [5, 5.41) is 18.6. The zero-order chi connectivity index (χ0) is 24.6. The molecule has 2 saturated heterocycles. The van der Waals surface area contributed by atoms with Crippen LogP contribution in [-0.4, -0.2) is 66.3 Å². The summed E-state index contributed by atoms with van der Waals surface area (Å²) in [5.74, 6) is -1.27. The fraction of sp³-hybridized carbons (Fsp3) is 0.565. The number of piperidine rings is 1. The fourth-order valence-corrected chi connectivity index (χ4v) is 4.33. The number of amides is 2. The lowest BCUT2D eigenvalue weighted by atomic mass is 9.84. The molecule has 1 aromatic heterocycles. The number of pyridine rings is 1. The first-order valence-electron chi connectivity index (χ1n) is 11.4. The van der Waals surface area contributed by atoms with Gasteiger partial charge in [0.1, 0.15) is 6.17 Å². The van der Waals surface area contributed by atoms with E-state index >= 15 is 0 Å². The maximum Gasteiger partial charge on any atom is 0.249 e. The van der Waals surface area contributed by atoms with E-state index in [1.807, 2.05) is 4.90 Å². The summed E-state index contributed by atoms with van der Waals surface area (Å²) in [6.07, 6.45) is 5.69. The molecule has 0 saturated carbocycles. The molecule has 2 atom stereocenters. The van der Waals surface area contributed by atoms with E-state index in [1.54, 1.807) is 13.1 Å². The van der Waals surface area contributed by atoms with E-state index < -0.39 is 23.6 Å². The number of primary amides is 1. The topological polar surface area (TPSA) is 145 Å². The molecule has 184 valence electrons. The van der Waals surface area contributed by atoms with Crippen LogP contribution in [0.2, 0.25) is 0 Å². The minimum absolute atomic E-state index is 0.00248. The van der Waals surface area contributed by atoms with Gasteiger partial charge in [-0.25, -0.2) is 4.98 Å². The molecule has 1 aromatic rings. The van der Waals surface area contributed by atoms with Crippen LogP contribution in [-0.2, 0) is 14.3 Å². The summed E-state index contributed by atoms with van der Waals surface area (Å²) in [4.78, 5) is 30.2. The Balaban J connectivity index is 1.67. The highest BCUT2D eigenvalue weighted by molar-refractivity contribution is 5.93. The quantitative estimate of drug-likeness (QED) is 0.224. The number of nitrogens with zero attached hydrogens (tertiary/aromatic N) is 3. The number of aromatic nitrogens is 1. The summed E-state index contributed by atoms with van der Waals surface area (Å²) >= 11 is 0. The highest BCUT2D eigenvalue weighted by Gasteiger charge is 2.36. The van der Waals surface area contributed by atoms with E-state index in [0.717, 1.165) is 12.8 Å². The Bertz CT molecular complexity index is 935. The van der Waals surface area contributed by atoms with Crippen molar-refractivity contribution in [2.45, 2.75) is 56.3 Å². The van der Waals surface area contributed by atoms with Crippen molar-refractivity contribution in [3.8, 4) is 6.07 Å². The van der Waals surface area contributed by atoms with E-state index in [9.17, 15) is 19.2 Å². The number of hydrogen-bond acceptors (Lipinski definition) is 8. The summed E-state index contributed by atoms with van der Waals surface area (Å²) in [6, 6.07) is 4.99. The second-order valence-electron chi connectivity index (χ2n) is 8.68. The molecule has 0 aliphatic carbocycles. The van der Waals surface area contributed by atoms with Crippen molar-refractivity contribution in [1.29, 1.82) is 5.26 Å². The molecular weight excluding hydrogens is 441 g/mol. The number of halogens is 1. The van der Waals surface area contributed by atoms with Crippen molar-refractivity contribution in [1.82, 2.24) is 20.5 Å². The molecule has 2 unspecified atom stereocenters. The summed E-state index contributed by atoms with van der Waals surface area (Å²) in [7, 11) is 1.63. The molecule has 5 N–H and O–H groups in total. The summed E-state index contributed by atoms with van der Waals surface area (Å²) in [6.45, 7) is 1.72. The van der Waals surface area contributed by atoms with Crippen molar-refractivity contribution in [3.05, 3.63) is 36.1 Å². The Morgan fingerprint density at radius 2 is 2.24 bits per heavy atom. The molecular formula is C23H32FN7O3. The number of ether oxygens (including phenoxy) is 1. The number of nitrogens with two attached hydrogens (primary N) is 1. The Hall–Kier alpha value is -3.23. The first kappa shape index (κ1) is 25.4. The summed E-state index contributed by atoms with van der Waals surface area (Å²) < 4.78 is 19.0. The molecule has 0 spiro atoms. The van der Waals surface area contributed by atoms with Crippen molar-refractivity contribution in [3.63, 3.8) is 0 Å². The Morgan fingerprint density at radius 3 is 2.82 bits per heavy atom. The predicted octanol–water partition coefficient (Wildman–Crippen LogP) is 0.981. The van der Waals surface area contributed by atoms with Gasteiger partial charge in [0.05, 0.1) is 36.1 Å². The smallest absolute Gasteiger partial charge is 0.249 e. The largest absolute Gasteiger partial charge is 0.384 e. The Labute approximate surface area is 198 Å². The molecule has 10 nitrogen and oxygen atoms in total. The number of nitriles is 1. The van der Waals surface area contributed by atoms with Gasteiger partial charge in [-0.2, -0.15) is 9.65 Å². The average molecular weight is 474 g/mol. The molecule has 2 amide bonds. The first-order chi connectivity index (χ1) is 16.4. The van der Waals surface area contributed by atoms with Gasteiger partial charge in [-0.1, -0.05) is 0 Å². The number of anilines is 1. The fourth-order valence-electron chi connectivity index (χ4n) is 4.33. The van der Waals surface area contributed by atoms with Crippen LogP contribution in [0.5, 0.6) is 0 Å². The summed E-state index contributed by atoms with van der Waals surface area (Å²) in [5.41, 5.74) is 5.63. The van der Waals surface area contributed by atoms with Gasteiger partial charge in [-0.05, 0) is 38.8 Å². The van der Waals surface area contributed by atoms with E-state index in [0.29, 0.717) is 44.6 Å². The van der Waals surface area contributed by atoms with Crippen LogP contribution >= 0.6 is 0 Å². The zero-order valence-electron chi connectivity index (χ0n) is 19.3. The van der Waals surface area contributed by atoms with Crippen LogP contribution < -0.4 is 21.7 Å². The van der Waals surface area contributed by atoms with Crippen LogP contribution in [0.15, 0.2) is 30.1 Å². The third-order valence-corrected chi connectivity index (χ3v) is 6.37. The molecule has 2 fully saturated rings. The number of carbonyl (C=O) groups excluding carboxylic acids is 2. The second kappa shape index (κ2) is 11.8. The number of nitrogens with one attached hydrogen (secondary N) is 3. The number of rotatable bonds is 10. The van der Waals surface area contributed by atoms with Gasteiger partial charge in [-0.3, -0.25) is 14.9 Å². The third kappa shape index (κ3) is 6.65. The molecule has 3 heterocycles. The predicted molar refractivity (Wildman–Crippen MR) is 123 cm³/mol. The number of carbonyl (C=O) groups is 2. The number of hydrogen-bond donors (Lipinski definition) is 4.